The zero-order valence-corrected chi connectivity index (χ0v) is 12.9. The zero-order chi connectivity index (χ0) is 14.7. The third kappa shape index (κ3) is 3.50. The van der Waals surface area contributed by atoms with Gasteiger partial charge in [0.15, 0.2) is 0 Å². The summed E-state index contributed by atoms with van der Waals surface area (Å²) in [6.07, 6.45) is 4.13. The molecule has 2 heterocycles. The van der Waals surface area contributed by atoms with Crippen LogP contribution in [0.4, 0.5) is 5.69 Å². The van der Waals surface area contributed by atoms with Crippen LogP contribution in [0.3, 0.4) is 0 Å². The van der Waals surface area contributed by atoms with Crippen LogP contribution in [0.5, 0.6) is 5.75 Å². The van der Waals surface area contributed by atoms with E-state index in [1.165, 1.54) is 25.9 Å². The molecule has 2 saturated heterocycles. The number of hydrogen-bond donors (Lipinski definition) is 0. The topological polar surface area (TPSA) is 32.8 Å². The Balaban J connectivity index is 1.57. The van der Waals surface area contributed by atoms with Crippen molar-refractivity contribution in [3.05, 3.63) is 23.2 Å². The van der Waals surface area contributed by atoms with Gasteiger partial charge in [-0.3, -0.25) is 9.69 Å². The molecule has 5 heteroatoms. The molecular weight excluding hydrogens is 288 g/mol. The molecule has 4 nitrogen and oxygen atoms in total. The first kappa shape index (κ1) is 14.7. The Labute approximate surface area is 130 Å². The summed E-state index contributed by atoms with van der Waals surface area (Å²) < 4.78 is 5.77. The number of likely N-dealkylation sites (tertiary alicyclic amines) is 1. The number of carbonyl (C=O) groups excluding carboxylic acids is 1. The second kappa shape index (κ2) is 6.67. The average molecular weight is 309 g/mol. The Bertz CT molecular complexity index is 515. The van der Waals surface area contributed by atoms with Gasteiger partial charge in [0.25, 0.3) is 0 Å². The van der Waals surface area contributed by atoms with Crippen molar-refractivity contribution in [3.63, 3.8) is 0 Å². The van der Waals surface area contributed by atoms with Crippen molar-refractivity contribution >= 4 is 23.2 Å². The molecule has 2 aliphatic rings. The fourth-order valence-corrected chi connectivity index (χ4v) is 3.22. The summed E-state index contributed by atoms with van der Waals surface area (Å²) >= 11 is 6.27. The Kier molecular flexibility index (Phi) is 4.66. The van der Waals surface area contributed by atoms with Crippen LogP contribution in [-0.4, -0.2) is 43.6 Å². The van der Waals surface area contributed by atoms with E-state index in [0.29, 0.717) is 23.8 Å². The molecule has 1 aromatic carbocycles. The molecule has 0 bridgehead atoms. The van der Waals surface area contributed by atoms with E-state index in [9.17, 15) is 4.79 Å². The minimum atomic E-state index is 0.175. The van der Waals surface area contributed by atoms with Gasteiger partial charge in [0.2, 0.25) is 5.91 Å². The second-order valence-corrected chi connectivity index (χ2v) is 6.07. The van der Waals surface area contributed by atoms with Gasteiger partial charge in [-0.05, 0) is 50.6 Å². The highest BCUT2D eigenvalue weighted by Crippen LogP contribution is 2.31. The normalized spacial score (nSPS) is 19.5. The first-order chi connectivity index (χ1) is 10.2. The predicted molar refractivity (Wildman–Crippen MR) is 84.2 cm³/mol. The van der Waals surface area contributed by atoms with Gasteiger partial charge in [0.05, 0.1) is 5.02 Å². The van der Waals surface area contributed by atoms with Crippen LogP contribution in [0.15, 0.2) is 18.2 Å². The average Bonchev–Trinajstić information content (AvgIpc) is 3.12. The van der Waals surface area contributed by atoms with Crippen molar-refractivity contribution < 1.29 is 9.53 Å². The standard InChI is InChI=1S/C16H21ClN2O2/c17-14-12-13(19-9-3-4-16(19)20)5-6-15(14)21-11-10-18-7-1-2-8-18/h5-6,12H,1-4,7-11H2. The number of halogens is 1. The Morgan fingerprint density at radius 2 is 1.95 bits per heavy atom. The highest BCUT2D eigenvalue weighted by molar-refractivity contribution is 6.32. The molecule has 3 rings (SSSR count). The molecule has 2 fully saturated rings. The van der Waals surface area contributed by atoms with Crippen LogP contribution >= 0.6 is 11.6 Å². The monoisotopic (exact) mass is 308 g/mol. The highest BCUT2D eigenvalue weighted by Gasteiger charge is 2.22. The van der Waals surface area contributed by atoms with E-state index >= 15 is 0 Å². The summed E-state index contributed by atoms with van der Waals surface area (Å²) in [5.74, 6) is 0.875. The number of nitrogens with zero attached hydrogens (tertiary/aromatic N) is 2. The first-order valence-corrected chi connectivity index (χ1v) is 8.07. The number of anilines is 1. The lowest BCUT2D eigenvalue weighted by atomic mass is 10.2. The summed E-state index contributed by atoms with van der Waals surface area (Å²) in [6, 6.07) is 5.61. The van der Waals surface area contributed by atoms with Gasteiger partial charge >= 0.3 is 0 Å². The van der Waals surface area contributed by atoms with Crippen LogP contribution in [-0.2, 0) is 4.79 Å². The summed E-state index contributed by atoms with van der Waals surface area (Å²) in [5.41, 5.74) is 0.870. The third-order valence-electron chi connectivity index (χ3n) is 4.16. The van der Waals surface area contributed by atoms with E-state index in [2.05, 4.69) is 4.90 Å². The van der Waals surface area contributed by atoms with E-state index in [1.54, 1.807) is 4.90 Å². The number of carbonyl (C=O) groups is 1. The molecule has 0 radical (unpaired) electrons. The number of rotatable bonds is 5. The summed E-state index contributed by atoms with van der Waals surface area (Å²) in [5, 5.41) is 0.577. The number of hydrogen-bond acceptors (Lipinski definition) is 3. The maximum absolute atomic E-state index is 11.7. The third-order valence-corrected chi connectivity index (χ3v) is 4.46. The highest BCUT2D eigenvalue weighted by atomic mass is 35.5. The van der Waals surface area contributed by atoms with E-state index in [1.807, 2.05) is 18.2 Å². The Hall–Kier alpha value is -1.26. The molecule has 0 N–H and O–H groups in total. The van der Waals surface area contributed by atoms with Gasteiger partial charge < -0.3 is 9.64 Å². The molecule has 0 aliphatic carbocycles. The van der Waals surface area contributed by atoms with Gasteiger partial charge in [-0.25, -0.2) is 0 Å². The summed E-state index contributed by atoms with van der Waals surface area (Å²) in [4.78, 5) is 15.9. The number of ether oxygens (including phenoxy) is 1. The van der Waals surface area contributed by atoms with Gasteiger partial charge in [0, 0.05) is 25.2 Å². The Morgan fingerprint density at radius 1 is 1.14 bits per heavy atom. The van der Waals surface area contributed by atoms with E-state index < -0.39 is 0 Å². The maximum Gasteiger partial charge on any atom is 0.227 e. The zero-order valence-electron chi connectivity index (χ0n) is 12.2. The largest absolute Gasteiger partial charge is 0.491 e. The van der Waals surface area contributed by atoms with Crippen molar-refractivity contribution in [3.8, 4) is 5.75 Å². The lowest BCUT2D eigenvalue weighted by Crippen LogP contribution is -2.25. The molecule has 0 saturated carbocycles. The fraction of sp³-hybridized carbons (Fsp3) is 0.562. The minimum Gasteiger partial charge on any atom is -0.491 e. The van der Waals surface area contributed by atoms with Crippen LogP contribution in [0.1, 0.15) is 25.7 Å². The van der Waals surface area contributed by atoms with Gasteiger partial charge in [-0.15, -0.1) is 0 Å². The van der Waals surface area contributed by atoms with Crippen molar-refractivity contribution in [1.29, 1.82) is 0 Å². The van der Waals surface area contributed by atoms with Crippen LogP contribution in [0.2, 0.25) is 5.02 Å². The van der Waals surface area contributed by atoms with Crippen LogP contribution in [0.25, 0.3) is 0 Å². The van der Waals surface area contributed by atoms with E-state index in [4.69, 9.17) is 16.3 Å². The van der Waals surface area contributed by atoms with Crippen LogP contribution < -0.4 is 9.64 Å². The quantitative estimate of drug-likeness (QED) is 0.838. The van der Waals surface area contributed by atoms with Crippen molar-refractivity contribution in [1.82, 2.24) is 4.90 Å². The van der Waals surface area contributed by atoms with Gasteiger partial charge in [-0.1, -0.05) is 11.6 Å². The minimum absolute atomic E-state index is 0.175. The first-order valence-electron chi connectivity index (χ1n) is 7.69. The van der Waals surface area contributed by atoms with Crippen molar-refractivity contribution in [2.24, 2.45) is 0 Å². The summed E-state index contributed by atoms with van der Waals surface area (Å²) in [7, 11) is 0. The SMILES string of the molecule is O=C1CCCN1c1ccc(OCCN2CCCC2)c(Cl)c1. The molecular formula is C16H21ClN2O2. The molecule has 114 valence electrons. The van der Waals surface area contributed by atoms with Crippen LogP contribution in [0, 0.1) is 0 Å². The molecule has 0 unspecified atom stereocenters. The maximum atomic E-state index is 11.7. The lowest BCUT2D eigenvalue weighted by Gasteiger charge is -2.18. The second-order valence-electron chi connectivity index (χ2n) is 5.66. The number of benzene rings is 1. The summed E-state index contributed by atoms with van der Waals surface area (Å²) in [6.45, 7) is 4.73. The molecule has 21 heavy (non-hydrogen) atoms. The molecule has 2 aliphatic heterocycles. The van der Waals surface area contributed by atoms with Crippen molar-refractivity contribution in [2.45, 2.75) is 25.7 Å². The molecule has 0 aromatic heterocycles. The lowest BCUT2D eigenvalue weighted by molar-refractivity contribution is -0.117. The number of amides is 1. The predicted octanol–water partition coefficient (Wildman–Crippen LogP) is 2.94. The molecule has 1 aromatic rings. The van der Waals surface area contributed by atoms with Crippen molar-refractivity contribution in [2.75, 3.05) is 37.7 Å². The molecule has 1 amide bonds. The smallest absolute Gasteiger partial charge is 0.227 e. The molecule has 0 atom stereocenters. The van der Waals surface area contributed by atoms with E-state index in [-0.39, 0.29) is 5.91 Å². The van der Waals surface area contributed by atoms with Gasteiger partial charge in [-0.2, -0.15) is 0 Å². The van der Waals surface area contributed by atoms with Gasteiger partial charge in [0.1, 0.15) is 12.4 Å². The molecule has 0 spiro atoms. The Morgan fingerprint density at radius 3 is 2.62 bits per heavy atom. The van der Waals surface area contributed by atoms with E-state index in [0.717, 1.165) is 25.2 Å². The fourth-order valence-electron chi connectivity index (χ4n) is 2.99.